The normalized spacial score (nSPS) is 17.4. The van der Waals surface area contributed by atoms with Crippen molar-refractivity contribution < 1.29 is 32.7 Å². The number of alkyl halides is 3. The van der Waals surface area contributed by atoms with E-state index in [0.29, 0.717) is 35.3 Å². The second-order valence-corrected chi connectivity index (χ2v) is 9.00. The summed E-state index contributed by atoms with van der Waals surface area (Å²) in [6.07, 6.45) is -1.87. The van der Waals surface area contributed by atoms with Crippen LogP contribution in [0, 0.1) is 5.92 Å². The molecule has 2 N–H and O–H groups in total. The largest absolute Gasteiger partial charge is 0.481 e. The maximum Gasteiger partial charge on any atom is 0.434 e. The van der Waals surface area contributed by atoms with E-state index in [4.69, 9.17) is 4.52 Å². The molecule has 0 spiro atoms. The van der Waals surface area contributed by atoms with Crippen molar-refractivity contribution in [3.63, 3.8) is 0 Å². The molecule has 1 aliphatic rings. The minimum atomic E-state index is -4.77. The van der Waals surface area contributed by atoms with E-state index >= 15 is 0 Å². The van der Waals surface area contributed by atoms with Gasteiger partial charge in [0.15, 0.2) is 11.5 Å². The molecule has 0 radical (unpaired) electrons. The third-order valence-electron chi connectivity index (χ3n) is 6.40. The Hall–Kier alpha value is -4.10. The van der Waals surface area contributed by atoms with Crippen molar-refractivity contribution in [2.75, 3.05) is 19.6 Å². The summed E-state index contributed by atoms with van der Waals surface area (Å²) >= 11 is 0. The summed E-state index contributed by atoms with van der Waals surface area (Å²) in [5, 5.41) is 27.6. The molecule has 13 heteroatoms. The topological polar surface area (TPSA) is 130 Å². The van der Waals surface area contributed by atoms with Crippen LogP contribution in [-0.4, -0.2) is 65.6 Å². The first kappa shape index (κ1) is 25.5. The predicted octanol–water partition coefficient (Wildman–Crippen LogP) is 3.83. The van der Waals surface area contributed by atoms with Crippen LogP contribution in [-0.2, 0) is 11.0 Å². The van der Waals surface area contributed by atoms with Crippen LogP contribution < -0.4 is 0 Å². The van der Waals surface area contributed by atoms with E-state index in [-0.39, 0.29) is 29.6 Å². The Morgan fingerprint density at radius 2 is 1.97 bits per heavy atom. The van der Waals surface area contributed by atoms with Gasteiger partial charge in [-0.3, -0.25) is 9.69 Å². The number of aromatic nitrogens is 5. The van der Waals surface area contributed by atoms with E-state index in [0.717, 1.165) is 12.6 Å². The molecule has 1 saturated heterocycles. The number of hydrogen-bond donors (Lipinski definition) is 2. The molecule has 10 nitrogen and oxygen atoms in total. The van der Waals surface area contributed by atoms with E-state index in [9.17, 15) is 28.2 Å². The van der Waals surface area contributed by atoms with E-state index < -0.39 is 29.9 Å². The van der Waals surface area contributed by atoms with Gasteiger partial charge in [-0.25, -0.2) is 9.67 Å². The molecule has 4 heterocycles. The van der Waals surface area contributed by atoms with E-state index in [1.54, 1.807) is 36.4 Å². The molecule has 0 saturated carbocycles. The van der Waals surface area contributed by atoms with Gasteiger partial charge in [0, 0.05) is 24.8 Å². The number of pyridine rings is 1. The molecule has 0 amide bonds. The van der Waals surface area contributed by atoms with Crippen LogP contribution in [0.5, 0.6) is 0 Å². The summed E-state index contributed by atoms with van der Waals surface area (Å²) in [6, 6.07) is 11.1. The molecule has 5 rings (SSSR count). The van der Waals surface area contributed by atoms with Gasteiger partial charge in [0.1, 0.15) is 0 Å². The number of aliphatic hydroxyl groups excluding tert-OH is 1. The number of benzene rings is 1. The lowest BCUT2D eigenvalue weighted by molar-refractivity contribution is -0.144. The number of halogens is 3. The number of β-amino-alcohol motifs (C(OH)–C–C–N with tert-alkyl or cyclic N) is 1. The van der Waals surface area contributed by atoms with Gasteiger partial charge in [0.25, 0.3) is 5.89 Å². The van der Waals surface area contributed by atoms with Crippen molar-refractivity contribution in [1.29, 1.82) is 0 Å². The molecule has 198 valence electrons. The Kier molecular flexibility index (Phi) is 6.95. The zero-order chi connectivity index (χ0) is 26.9. The van der Waals surface area contributed by atoms with Crippen LogP contribution >= 0.6 is 0 Å². The summed E-state index contributed by atoms with van der Waals surface area (Å²) < 4.78 is 47.7. The maximum absolute atomic E-state index is 14.0. The number of carbonyl (C=O) groups is 1. The number of aliphatic carboxylic acids is 1. The summed E-state index contributed by atoms with van der Waals surface area (Å²) in [5.74, 6) is -1.57. The number of piperidine rings is 1. The predicted molar refractivity (Wildman–Crippen MR) is 127 cm³/mol. The zero-order valence-corrected chi connectivity index (χ0v) is 19.9. The van der Waals surface area contributed by atoms with Crippen molar-refractivity contribution in [3.05, 3.63) is 66.1 Å². The standard InChI is InChI=1S/C25H23F3N6O4/c26-25(27,28)21-18(12-30-34(21)20-5-1-2-10-29-20)23-31-22(32-38-23)16-8-6-15(7-9-16)19(35)14-33-11-3-4-17(13-33)24(36)37/h1-2,5-10,12,17,19,35H,3-4,11,13-14H2,(H,36,37). The first-order chi connectivity index (χ1) is 18.2. The number of carboxylic acid groups (broad SMARTS) is 1. The molecule has 4 aromatic rings. The molecule has 3 aromatic heterocycles. The highest BCUT2D eigenvalue weighted by molar-refractivity contribution is 5.70. The number of carboxylic acids is 1. The van der Waals surface area contributed by atoms with Crippen LogP contribution in [0.1, 0.15) is 30.2 Å². The molecule has 1 aromatic carbocycles. The summed E-state index contributed by atoms with van der Waals surface area (Å²) in [6.45, 7) is 1.38. The summed E-state index contributed by atoms with van der Waals surface area (Å²) in [7, 11) is 0. The second-order valence-electron chi connectivity index (χ2n) is 9.00. The van der Waals surface area contributed by atoms with Gasteiger partial charge in [0.2, 0.25) is 5.82 Å². The molecule has 0 bridgehead atoms. The molecule has 0 aliphatic carbocycles. The number of hydrogen-bond acceptors (Lipinski definition) is 8. The number of likely N-dealkylation sites (tertiary alicyclic amines) is 1. The second kappa shape index (κ2) is 10.3. The van der Waals surface area contributed by atoms with Gasteiger partial charge in [-0.2, -0.15) is 23.3 Å². The monoisotopic (exact) mass is 528 g/mol. The maximum atomic E-state index is 14.0. The highest BCUT2D eigenvalue weighted by Crippen LogP contribution is 2.38. The van der Waals surface area contributed by atoms with Crippen LogP contribution in [0.2, 0.25) is 0 Å². The molecule has 1 aliphatic heterocycles. The fourth-order valence-electron chi connectivity index (χ4n) is 4.51. The molecule has 1 fully saturated rings. The molecule has 38 heavy (non-hydrogen) atoms. The Morgan fingerprint density at radius 3 is 2.66 bits per heavy atom. The Labute approximate surface area is 214 Å². The first-order valence-electron chi connectivity index (χ1n) is 11.8. The average Bonchev–Trinajstić information content (AvgIpc) is 3.57. The molecular formula is C25H23F3N6O4. The van der Waals surface area contributed by atoms with Crippen LogP contribution in [0.3, 0.4) is 0 Å². The van der Waals surface area contributed by atoms with Crippen molar-refractivity contribution in [3.8, 4) is 28.7 Å². The molecular weight excluding hydrogens is 505 g/mol. The van der Waals surface area contributed by atoms with Gasteiger partial charge < -0.3 is 14.7 Å². The molecule has 2 unspecified atom stereocenters. The lowest BCUT2D eigenvalue weighted by Crippen LogP contribution is -2.40. The first-order valence-corrected chi connectivity index (χ1v) is 11.8. The van der Waals surface area contributed by atoms with Crippen molar-refractivity contribution in [1.82, 2.24) is 29.8 Å². The lowest BCUT2D eigenvalue weighted by atomic mass is 9.97. The van der Waals surface area contributed by atoms with Crippen LogP contribution in [0.25, 0.3) is 28.7 Å². The van der Waals surface area contributed by atoms with E-state index in [1.165, 1.54) is 12.3 Å². The van der Waals surface area contributed by atoms with Gasteiger partial charge in [0.05, 0.1) is 23.8 Å². The minimum Gasteiger partial charge on any atom is -0.481 e. The van der Waals surface area contributed by atoms with Crippen LogP contribution in [0.4, 0.5) is 13.2 Å². The Morgan fingerprint density at radius 1 is 1.18 bits per heavy atom. The van der Waals surface area contributed by atoms with Crippen molar-refractivity contribution >= 4 is 5.97 Å². The average molecular weight is 528 g/mol. The fourth-order valence-corrected chi connectivity index (χ4v) is 4.51. The molecule has 2 atom stereocenters. The van der Waals surface area contributed by atoms with Crippen LogP contribution in [0.15, 0.2) is 59.4 Å². The zero-order valence-electron chi connectivity index (χ0n) is 19.9. The minimum absolute atomic E-state index is 0.0111. The van der Waals surface area contributed by atoms with Gasteiger partial charge >= 0.3 is 12.1 Å². The third kappa shape index (κ3) is 5.29. The number of aliphatic hydroxyl groups is 1. The number of rotatable bonds is 7. The van der Waals surface area contributed by atoms with Crippen molar-refractivity contribution in [2.45, 2.75) is 25.1 Å². The van der Waals surface area contributed by atoms with Gasteiger partial charge in [-0.15, -0.1) is 0 Å². The highest BCUT2D eigenvalue weighted by Gasteiger charge is 2.41. The van der Waals surface area contributed by atoms with Crippen molar-refractivity contribution in [2.24, 2.45) is 5.92 Å². The fraction of sp³-hybridized carbons (Fsp3) is 0.320. The summed E-state index contributed by atoms with van der Waals surface area (Å²) in [5.41, 5.74) is -0.390. The van der Waals surface area contributed by atoms with Gasteiger partial charge in [-0.05, 0) is 37.1 Å². The smallest absolute Gasteiger partial charge is 0.434 e. The van der Waals surface area contributed by atoms with E-state index in [1.807, 2.05) is 4.90 Å². The number of nitrogens with zero attached hydrogens (tertiary/aromatic N) is 6. The third-order valence-corrected chi connectivity index (χ3v) is 6.40. The quantitative estimate of drug-likeness (QED) is 0.367. The Balaban J connectivity index is 1.34. The SMILES string of the molecule is O=C(O)C1CCCN(CC(O)c2ccc(-c3noc(-c4cnn(-c5ccccn5)c4C(F)(F)F)n3)cc2)C1. The lowest BCUT2D eigenvalue weighted by Gasteiger charge is -2.32. The van der Waals surface area contributed by atoms with Gasteiger partial charge in [-0.1, -0.05) is 35.5 Å². The highest BCUT2D eigenvalue weighted by atomic mass is 19.4. The summed E-state index contributed by atoms with van der Waals surface area (Å²) in [4.78, 5) is 21.3. The van der Waals surface area contributed by atoms with E-state index in [2.05, 4.69) is 20.2 Å². The Bertz CT molecular complexity index is 1400.